The zero-order chi connectivity index (χ0) is 36.8. The highest BCUT2D eigenvalue weighted by atomic mass is 19.4. The lowest BCUT2D eigenvalue weighted by molar-refractivity contribution is -0.137. The number of hydrogen-bond donors (Lipinski definition) is 1. The molecule has 16 heteroatoms. The average Bonchev–Trinajstić information content (AvgIpc) is 3.51. The molecule has 5 rings (SSSR count). The van der Waals surface area contributed by atoms with Crippen molar-refractivity contribution in [3.05, 3.63) is 83.1 Å². The first-order valence-corrected chi connectivity index (χ1v) is 15.1. The number of alkyl carbamates (subject to hydrolysis) is 1. The molecule has 10 nitrogen and oxygen atoms in total. The van der Waals surface area contributed by atoms with Crippen LogP contribution in [0.1, 0.15) is 63.6 Å². The molecule has 1 atom stereocenters. The lowest BCUT2D eigenvalue weighted by Crippen LogP contribution is -2.49. The lowest BCUT2D eigenvalue weighted by Gasteiger charge is -2.27. The number of carbonyl (C=O) groups is 2. The van der Waals surface area contributed by atoms with E-state index in [2.05, 4.69) is 20.5 Å². The van der Waals surface area contributed by atoms with Crippen molar-refractivity contribution in [3.8, 4) is 28.8 Å². The maximum absolute atomic E-state index is 15.9. The SMILES string of the molecule is CC(C)(C)OC(=O)N[C@H]1CC(F)(F)c2cc(F)c(-c3nnc(C(C)(C)C#N)o3)cc2N(Cc2ccc(-c3ccc(C(F)(F)F)cn3)cc2)C1=O. The Hall–Kier alpha value is -5.46. The normalized spacial score (nSPS) is 16.3. The van der Waals surface area contributed by atoms with Crippen LogP contribution in [0.15, 0.2) is 59.1 Å². The number of pyridine rings is 1. The predicted molar refractivity (Wildman–Crippen MR) is 166 cm³/mol. The molecule has 1 aliphatic heterocycles. The standard InChI is InChI=1S/C34H30F6N6O4/c1-31(2,3)50-30(48)43-25-14-33(36,37)22-13-23(35)21(27-44-45-29(49-27)32(4,5)17-41)12-26(22)46(28(25)47)16-18-6-8-19(9-7-18)24-11-10-20(15-42-24)34(38,39)40/h6-13,15,25H,14,16H2,1-5H3,(H,43,48)/t25-/m0/s1. The molecule has 4 aromatic rings. The first-order valence-electron chi connectivity index (χ1n) is 15.1. The number of nitrogens with zero attached hydrogens (tertiary/aromatic N) is 5. The second-order valence-corrected chi connectivity index (χ2v) is 13.2. The fraction of sp³-hybridized carbons (Fsp3) is 0.353. The van der Waals surface area contributed by atoms with Gasteiger partial charge in [-0.1, -0.05) is 24.3 Å². The molecule has 0 bridgehead atoms. The third-order valence-electron chi connectivity index (χ3n) is 7.64. The third kappa shape index (κ3) is 7.56. The molecule has 262 valence electrons. The van der Waals surface area contributed by atoms with Crippen molar-refractivity contribution in [2.75, 3.05) is 4.90 Å². The minimum absolute atomic E-state index is 0.160. The van der Waals surface area contributed by atoms with Gasteiger partial charge < -0.3 is 19.4 Å². The maximum atomic E-state index is 15.9. The van der Waals surface area contributed by atoms with Crippen LogP contribution in [0, 0.1) is 17.1 Å². The van der Waals surface area contributed by atoms with Crippen LogP contribution in [0.4, 0.5) is 36.8 Å². The van der Waals surface area contributed by atoms with E-state index in [1.54, 1.807) is 20.8 Å². The molecule has 0 aliphatic carbocycles. The summed E-state index contributed by atoms with van der Waals surface area (Å²) in [7, 11) is 0. The minimum Gasteiger partial charge on any atom is -0.444 e. The van der Waals surface area contributed by atoms with Crippen LogP contribution in [0.5, 0.6) is 0 Å². The summed E-state index contributed by atoms with van der Waals surface area (Å²) in [5.74, 6) is -6.59. The summed E-state index contributed by atoms with van der Waals surface area (Å²) >= 11 is 0. The Morgan fingerprint density at radius 1 is 1.08 bits per heavy atom. The van der Waals surface area contributed by atoms with E-state index in [1.165, 1.54) is 44.2 Å². The van der Waals surface area contributed by atoms with Crippen LogP contribution in [0.2, 0.25) is 0 Å². The number of alkyl halides is 5. The van der Waals surface area contributed by atoms with Gasteiger partial charge in [0, 0.05) is 23.7 Å². The Morgan fingerprint density at radius 3 is 2.34 bits per heavy atom. The van der Waals surface area contributed by atoms with E-state index in [-0.39, 0.29) is 18.1 Å². The van der Waals surface area contributed by atoms with Crippen molar-refractivity contribution >= 4 is 17.7 Å². The molecule has 0 saturated heterocycles. The quantitative estimate of drug-likeness (QED) is 0.203. The number of carbonyl (C=O) groups excluding carboxylic acids is 2. The average molecular weight is 701 g/mol. The largest absolute Gasteiger partial charge is 0.444 e. The Morgan fingerprint density at radius 2 is 1.76 bits per heavy atom. The van der Waals surface area contributed by atoms with Gasteiger partial charge in [0.1, 0.15) is 22.9 Å². The van der Waals surface area contributed by atoms with Crippen molar-refractivity contribution < 1.29 is 45.1 Å². The van der Waals surface area contributed by atoms with Crippen molar-refractivity contribution in [3.63, 3.8) is 0 Å². The van der Waals surface area contributed by atoms with E-state index < -0.39 is 81.7 Å². The molecule has 2 aromatic heterocycles. The van der Waals surface area contributed by atoms with Gasteiger partial charge in [-0.2, -0.15) is 18.4 Å². The van der Waals surface area contributed by atoms with Crippen LogP contribution in [-0.2, 0) is 33.6 Å². The number of fused-ring (bicyclic) bond motifs is 1. The zero-order valence-electron chi connectivity index (χ0n) is 27.3. The van der Waals surface area contributed by atoms with Crippen LogP contribution in [-0.4, -0.2) is 38.8 Å². The van der Waals surface area contributed by atoms with E-state index in [4.69, 9.17) is 9.15 Å². The summed E-state index contributed by atoms with van der Waals surface area (Å²) < 4.78 is 97.2. The van der Waals surface area contributed by atoms with Gasteiger partial charge in [0.25, 0.3) is 11.8 Å². The molecule has 2 aromatic carbocycles. The molecule has 0 saturated carbocycles. The molecule has 0 radical (unpaired) electrons. The number of nitriles is 1. The van der Waals surface area contributed by atoms with Crippen LogP contribution < -0.4 is 10.2 Å². The van der Waals surface area contributed by atoms with Gasteiger partial charge in [-0.3, -0.25) is 9.78 Å². The van der Waals surface area contributed by atoms with E-state index in [9.17, 15) is 28.0 Å². The maximum Gasteiger partial charge on any atom is 0.417 e. The van der Waals surface area contributed by atoms with Gasteiger partial charge in [-0.15, -0.1) is 10.2 Å². The second-order valence-electron chi connectivity index (χ2n) is 13.2. The predicted octanol–water partition coefficient (Wildman–Crippen LogP) is 7.68. The van der Waals surface area contributed by atoms with Gasteiger partial charge >= 0.3 is 12.3 Å². The molecule has 0 fully saturated rings. The third-order valence-corrected chi connectivity index (χ3v) is 7.64. The molecule has 1 aliphatic rings. The number of rotatable bonds is 6. The molecular formula is C34H30F6N6O4. The highest BCUT2D eigenvalue weighted by molar-refractivity contribution is 6.01. The van der Waals surface area contributed by atoms with Gasteiger partial charge in [0.15, 0.2) is 0 Å². The first-order chi connectivity index (χ1) is 23.2. The monoisotopic (exact) mass is 700 g/mol. The van der Waals surface area contributed by atoms with Gasteiger partial charge in [0.05, 0.1) is 35.1 Å². The molecule has 50 heavy (non-hydrogen) atoms. The summed E-state index contributed by atoms with van der Waals surface area (Å²) in [6.07, 6.45) is -6.23. The van der Waals surface area contributed by atoms with Crippen molar-refractivity contribution in [2.45, 2.75) is 76.7 Å². The van der Waals surface area contributed by atoms with Gasteiger partial charge in [-0.25, -0.2) is 18.0 Å². The molecule has 0 spiro atoms. The molecule has 2 amide bonds. The summed E-state index contributed by atoms with van der Waals surface area (Å²) in [6.45, 7) is 7.24. The number of aromatic nitrogens is 3. The molecule has 0 unspecified atom stereocenters. The van der Waals surface area contributed by atoms with E-state index in [0.717, 1.165) is 17.0 Å². The van der Waals surface area contributed by atoms with Crippen molar-refractivity contribution in [1.82, 2.24) is 20.5 Å². The summed E-state index contributed by atoms with van der Waals surface area (Å²) in [4.78, 5) is 31.5. The summed E-state index contributed by atoms with van der Waals surface area (Å²) in [6, 6.07) is 9.81. The topological polar surface area (TPSA) is 134 Å². The Labute approximate surface area is 282 Å². The zero-order valence-corrected chi connectivity index (χ0v) is 27.3. The number of benzene rings is 2. The van der Waals surface area contributed by atoms with Gasteiger partial charge in [0.2, 0.25) is 11.8 Å². The van der Waals surface area contributed by atoms with Crippen LogP contribution >= 0.6 is 0 Å². The Balaban J connectivity index is 1.57. The van der Waals surface area contributed by atoms with Crippen molar-refractivity contribution in [2.24, 2.45) is 0 Å². The van der Waals surface area contributed by atoms with Crippen molar-refractivity contribution in [1.29, 1.82) is 5.26 Å². The number of amides is 2. The molecular weight excluding hydrogens is 670 g/mol. The fourth-order valence-electron chi connectivity index (χ4n) is 5.06. The number of ether oxygens (including phenoxy) is 1. The van der Waals surface area contributed by atoms with E-state index in [1.807, 2.05) is 6.07 Å². The lowest BCUT2D eigenvalue weighted by atomic mass is 9.96. The fourth-order valence-corrected chi connectivity index (χ4v) is 5.06. The Kier molecular flexibility index (Phi) is 9.16. The number of anilines is 1. The second kappa shape index (κ2) is 12.8. The molecule has 1 N–H and O–H groups in total. The van der Waals surface area contributed by atoms with E-state index in [0.29, 0.717) is 23.4 Å². The number of halogens is 6. The van der Waals surface area contributed by atoms with E-state index >= 15 is 13.2 Å². The number of nitrogens with one attached hydrogen (secondary N) is 1. The first kappa shape index (κ1) is 35.8. The minimum atomic E-state index is -4.57. The van der Waals surface area contributed by atoms with Gasteiger partial charge in [-0.05, 0) is 64.4 Å². The highest BCUT2D eigenvalue weighted by Crippen LogP contribution is 2.45. The summed E-state index contributed by atoms with van der Waals surface area (Å²) in [5.41, 5.74) is -3.88. The summed E-state index contributed by atoms with van der Waals surface area (Å²) in [5, 5.41) is 19.3. The Bertz CT molecular complexity index is 1960. The molecule has 3 heterocycles. The number of hydrogen-bond acceptors (Lipinski definition) is 8. The smallest absolute Gasteiger partial charge is 0.417 e. The van der Waals surface area contributed by atoms with Crippen LogP contribution in [0.3, 0.4) is 0 Å². The highest BCUT2D eigenvalue weighted by Gasteiger charge is 2.47. The van der Waals surface area contributed by atoms with Crippen LogP contribution in [0.25, 0.3) is 22.7 Å².